The van der Waals surface area contributed by atoms with Gasteiger partial charge in [0.2, 0.25) is 0 Å². The predicted molar refractivity (Wildman–Crippen MR) is 110 cm³/mol. The van der Waals surface area contributed by atoms with Crippen molar-refractivity contribution >= 4 is 11.7 Å². The Morgan fingerprint density at radius 2 is 1.78 bits per heavy atom. The van der Waals surface area contributed by atoms with Gasteiger partial charge in [-0.1, -0.05) is 54.6 Å². The Balaban J connectivity index is 1.49. The molecule has 0 radical (unpaired) electrons. The van der Waals surface area contributed by atoms with Crippen molar-refractivity contribution in [2.45, 2.75) is 26.3 Å². The normalized spacial score (nSPS) is 10.4. The molecule has 0 saturated heterocycles. The molecule has 0 bridgehead atoms. The van der Waals surface area contributed by atoms with Crippen LogP contribution in [0.5, 0.6) is 0 Å². The summed E-state index contributed by atoms with van der Waals surface area (Å²) in [6.07, 6.45) is 3.70. The van der Waals surface area contributed by atoms with Crippen LogP contribution in [0.25, 0.3) is 0 Å². The summed E-state index contributed by atoms with van der Waals surface area (Å²) in [5, 5.41) is 6.28. The van der Waals surface area contributed by atoms with E-state index in [1.807, 2.05) is 37.3 Å². The molecule has 1 heterocycles. The van der Waals surface area contributed by atoms with Crippen molar-refractivity contribution in [2.75, 3.05) is 11.9 Å². The minimum atomic E-state index is -0.0898. The second-order valence-electron chi connectivity index (χ2n) is 6.55. The molecule has 0 atom stereocenters. The number of hydrogen-bond donors (Lipinski definition) is 2. The zero-order chi connectivity index (χ0) is 18.9. The molecule has 1 aromatic heterocycles. The molecule has 0 aliphatic carbocycles. The third-order valence-electron chi connectivity index (χ3n) is 4.51. The van der Waals surface area contributed by atoms with Crippen LogP contribution in [0.2, 0.25) is 0 Å². The van der Waals surface area contributed by atoms with E-state index in [2.05, 4.69) is 39.9 Å². The lowest BCUT2D eigenvalue weighted by Gasteiger charge is -2.10. The van der Waals surface area contributed by atoms with Gasteiger partial charge in [0.25, 0.3) is 5.91 Å². The molecule has 2 aromatic carbocycles. The van der Waals surface area contributed by atoms with Gasteiger partial charge >= 0.3 is 0 Å². The first-order valence-corrected chi connectivity index (χ1v) is 9.29. The second kappa shape index (κ2) is 9.53. The number of aryl methyl sites for hydroxylation is 2. The lowest BCUT2D eigenvalue weighted by Crippen LogP contribution is -2.23. The summed E-state index contributed by atoms with van der Waals surface area (Å²) in [4.78, 5) is 16.7. The fourth-order valence-electron chi connectivity index (χ4n) is 2.91. The Morgan fingerprint density at radius 3 is 2.59 bits per heavy atom. The van der Waals surface area contributed by atoms with Gasteiger partial charge in [-0.3, -0.25) is 4.79 Å². The summed E-state index contributed by atoms with van der Waals surface area (Å²) in [6.45, 7) is 3.38. The minimum Gasteiger partial charge on any atom is -0.370 e. The second-order valence-corrected chi connectivity index (χ2v) is 6.55. The van der Waals surface area contributed by atoms with Crippen LogP contribution in [-0.2, 0) is 13.0 Å². The zero-order valence-electron chi connectivity index (χ0n) is 15.6. The summed E-state index contributed by atoms with van der Waals surface area (Å²) in [7, 11) is 0. The average Bonchev–Trinajstić information content (AvgIpc) is 2.71. The summed E-state index contributed by atoms with van der Waals surface area (Å²) >= 11 is 0. The molecule has 0 spiro atoms. The number of nitrogens with one attached hydrogen (secondary N) is 2. The molecule has 1 amide bonds. The van der Waals surface area contributed by atoms with Crippen LogP contribution < -0.4 is 10.6 Å². The molecule has 2 N–H and O–H groups in total. The van der Waals surface area contributed by atoms with Crippen molar-refractivity contribution in [3.63, 3.8) is 0 Å². The van der Waals surface area contributed by atoms with Crippen molar-refractivity contribution in [3.8, 4) is 0 Å². The first-order chi connectivity index (χ1) is 13.2. The van der Waals surface area contributed by atoms with E-state index >= 15 is 0 Å². The van der Waals surface area contributed by atoms with Crippen LogP contribution in [0.3, 0.4) is 0 Å². The Labute approximate surface area is 160 Å². The SMILES string of the molecule is Cc1ccccc1CNC(=O)c1ccnc(NCCCc2ccccc2)c1. The Hall–Kier alpha value is -3.14. The topological polar surface area (TPSA) is 54.0 Å². The number of aromatic nitrogens is 1. The third kappa shape index (κ3) is 5.68. The van der Waals surface area contributed by atoms with Gasteiger partial charge in [0.1, 0.15) is 5.82 Å². The quantitative estimate of drug-likeness (QED) is 0.588. The van der Waals surface area contributed by atoms with E-state index in [9.17, 15) is 4.79 Å². The van der Waals surface area contributed by atoms with Crippen LogP contribution in [-0.4, -0.2) is 17.4 Å². The Kier molecular flexibility index (Phi) is 6.58. The fourth-order valence-corrected chi connectivity index (χ4v) is 2.91. The van der Waals surface area contributed by atoms with E-state index in [0.717, 1.165) is 30.8 Å². The zero-order valence-corrected chi connectivity index (χ0v) is 15.6. The third-order valence-corrected chi connectivity index (χ3v) is 4.51. The summed E-state index contributed by atoms with van der Waals surface area (Å²) in [5.41, 5.74) is 4.24. The number of carbonyl (C=O) groups excluding carboxylic acids is 1. The standard InChI is InChI=1S/C23H25N3O/c1-18-8-5-6-12-21(18)17-26-23(27)20-13-15-25-22(16-20)24-14-7-11-19-9-3-2-4-10-19/h2-6,8-10,12-13,15-16H,7,11,14,17H2,1H3,(H,24,25)(H,26,27). The largest absolute Gasteiger partial charge is 0.370 e. The van der Waals surface area contributed by atoms with Gasteiger partial charge in [0.15, 0.2) is 0 Å². The molecule has 0 fully saturated rings. The van der Waals surface area contributed by atoms with Crippen molar-refractivity contribution < 1.29 is 4.79 Å². The average molecular weight is 359 g/mol. The Morgan fingerprint density at radius 1 is 1.00 bits per heavy atom. The van der Waals surface area contributed by atoms with Crippen molar-refractivity contribution in [3.05, 3.63) is 95.2 Å². The first kappa shape index (κ1) is 18.6. The molecule has 3 rings (SSSR count). The number of rotatable bonds is 8. The number of amides is 1. The highest BCUT2D eigenvalue weighted by Crippen LogP contribution is 2.10. The molecular weight excluding hydrogens is 334 g/mol. The lowest BCUT2D eigenvalue weighted by molar-refractivity contribution is 0.0951. The van der Waals surface area contributed by atoms with Gasteiger partial charge in [0.05, 0.1) is 0 Å². The van der Waals surface area contributed by atoms with Gasteiger partial charge < -0.3 is 10.6 Å². The molecule has 0 unspecified atom stereocenters. The number of carbonyl (C=O) groups is 1. The highest BCUT2D eigenvalue weighted by molar-refractivity contribution is 5.94. The molecule has 0 aliphatic heterocycles. The molecule has 27 heavy (non-hydrogen) atoms. The predicted octanol–water partition coefficient (Wildman–Crippen LogP) is 4.36. The molecule has 138 valence electrons. The maximum Gasteiger partial charge on any atom is 0.251 e. The number of nitrogens with zero attached hydrogens (tertiary/aromatic N) is 1. The highest BCUT2D eigenvalue weighted by atomic mass is 16.1. The van der Waals surface area contributed by atoms with Gasteiger partial charge in [-0.05, 0) is 48.6 Å². The van der Waals surface area contributed by atoms with Crippen LogP contribution in [0.1, 0.15) is 33.5 Å². The molecular formula is C23H25N3O. The van der Waals surface area contributed by atoms with Gasteiger partial charge in [-0.25, -0.2) is 4.98 Å². The van der Waals surface area contributed by atoms with E-state index in [0.29, 0.717) is 12.1 Å². The summed E-state index contributed by atoms with van der Waals surface area (Å²) < 4.78 is 0. The van der Waals surface area contributed by atoms with Crippen LogP contribution in [0, 0.1) is 6.92 Å². The van der Waals surface area contributed by atoms with Crippen molar-refractivity contribution in [1.29, 1.82) is 0 Å². The van der Waals surface area contributed by atoms with E-state index in [1.54, 1.807) is 18.3 Å². The number of anilines is 1. The summed E-state index contributed by atoms with van der Waals surface area (Å²) in [6, 6.07) is 22.0. The van der Waals surface area contributed by atoms with E-state index in [-0.39, 0.29) is 5.91 Å². The smallest absolute Gasteiger partial charge is 0.251 e. The van der Waals surface area contributed by atoms with Crippen LogP contribution in [0.15, 0.2) is 72.9 Å². The van der Waals surface area contributed by atoms with E-state index in [1.165, 1.54) is 11.1 Å². The number of pyridine rings is 1. The van der Waals surface area contributed by atoms with Gasteiger partial charge in [-0.2, -0.15) is 0 Å². The first-order valence-electron chi connectivity index (χ1n) is 9.29. The fraction of sp³-hybridized carbons (Fsp3) is 0.217. The highest BCUT2D eigenvalue weighted by Gasteiger charge is 2.07. The maximum atomic E-state index is 12.4. The minimum absolute atomic E-state index is 0.0898. The molecule has 4 heteroatoms. The van der Waals surface area contributed by atoms with Gasteiger partial charge in [-0.15, -0.1) is 0 Å². The number of hydrogen-bond acceptors (Lipinski definition) is 3. The van der Waals surface area contributed by atoms with E-state index in [4.69, 9.17) is 0 Å². The number of benzene rings is 2. The van der Waals surface area contributed by atoms with Crippen molar-refractivity contribution in [2.24, 2.45) is 0 Å². The molecule has 0 aliphatic rings. The van der Waals surface area contributed by atoms with Crippen LogP contribution >= 0.6 is 0 Å². The van der Waals surface area contributed by atoms with Crippen LogP contribution in [0.4, 0.5) is 5.82 Å². The molecule has 4 nitrogen and oxygen atoms in total. The monoisotopic (exact) mass is 359 g/mol. The molecule has 0 saturated carbocycles. The maximum absolute atomic E-state index is 12.4. The van der Waals surface area contributed by atoms with E-state index < -0.39 is 0 Å². The van der Waals surface area contributed by atoms with Crippen molar-refractivity contribution in [1.82, 2.24) is 10.3 Å². The Bertz CT molecular complexity index is 878. The summed E-state index contributed by atoms with van der Waals surface area (Å²) in [5.74, 6) is 0.639. The molecule has 3 aromatic rings. The van der Waals surface area contributed by atoms with Gasteiger partial charge in [0, 0.05) is 24.8 Å². The lowest BCUT2D eigenvalue weighted by atomic mass is 10.1.